The van der Waals surface area contributed by atoms with Crippen molar-refractivity contribution in [3.63, 3.8) is 0 Å². The van der Waals surface area contributed by atoms with Crippen molar-refractivity contribution in [1.29, 1.82) is 10.5 Å². The first kappa shape index (κ1) is 15.8. The lowest BCUT2D eigenvalue weighted by atomic mass is 10.1. The number of hydrogen-bond acceptors (Lipinski definition) is 4. The van der Waals surface area contributed by atoms with E-state index in [1.165, 1.54) is 10.8 Å². The molecule has 0 bridgehead atoms. The van der Waals surface area contributed by atoms with Gasteiger partial charge in [-0.1, -0.05) is 0 Å². The van der Waals surface area contributed by atoms with Crippen LogP contribution >= 0.6 is 0 Å². The smallest absolute Gasteiger partial charge is 0.271 e. The fourth-order valence-electron chi connectivity index (χ4n) is 1.17. The van der Waals surface area contributed by atoms with Gasteiger partial charge in [0, 0.05) is 0 Å². The van der Waals surface area contributed by atoms with Gasteiger partial charge in [0.15, 0.2) is 0 Å². The van der Waals surface area contributed by atoms with Gasteiger partial charge in [0.1, 0.15) is 18.7 Å². The lowest BCUT2D eigenvalue weighted by molar-refractivity contribution is -0.121. The molecule has 0 aliphatic rings. The molecule has 0 fully saturated rings. The highest BCUT2D eigenvalue weighted by Gasteiger charge is 2.29. The van der Waals surface area contributed by atoms with Gasteiger partial charge in [-0.3, -0.25) is 4.72 Å². The molecule has 2 N–H and O–H groups in total. The largest absolute Gasteiger partial charge is 0.402 e. The number of nitriles is 2. The minimum absolute atomic E-state index is 0.0266. The molecule has 0 aliphatic carbocycles. The lowest BCUT2D eigenvalue weighted by Gasteiger charge is -2.11. The van der Waals surface area contributed by atoms with Gasteiger partial charge in [0.25, 0.3) is 10.2 Å². The van der Waals surface area contributed by atoms with Crippen LogP contribution in [0.5, 0.6) is 0 Å². The summed E-state index contributed by atoms with van der Waals surface area (Å²) in [6, 6.07) is 6.78. The van der Waals surface area contributed by atoms with E-state index in [0.29, 0.717) is 0 Å². The Morgan fingerprint density at radius 3 is 2.25 bits per heavy atom. The Morgan fingerprint density at radius 1 is 1.15 bits per heavy atom. The van der Waals surface area contributed by atoms with E-state index >= 15 is 0 Å². The number of halogens is 3. The maximum absolute atomic E-state index is 11.9. The summed E-state index contributed by atoms with van der Waals surface area (Å²) in [5.41, 5.74) is -0.197. The van der Waals surface area contributed by atoms with Crippen molar-refractivity contribution in [3.05, 3.63) is 29.3 Å². The fraction of sp³-hybridized carbons (Fsp3) is 0.200. The summed E-state index contributed by atoms with van der Waals surface area (Å²) in [5.74, 6) is 0. The average molecular weight is 304 g/mol. The zero-order chi connectivity index (χ0) is 15.4. The van der Waals surface area contributed by atoms with Gasteiger partial charge in [-0.15, -0.1) is 0 Å². The molecule has 0 spiro atoms. The van der Waals surface area contributed by atoms with Crippen LogP contribution in [0, 0.1) is 22.7 Å². The first-order chi connectivity index (χ1) is 9.17. The van der Waals surface area contributed by atoms with Crippen molar-refractivity contribution < 1.29 is 21.6 Å². The maximum atomic E-state index is 11.9. The van der Waals surface area contributed by atoms with Crippen molar-refractivity contribution in [2.45, 2.75) is 6.18 Å². The zero-order valence-corrected chi connectivity index (χ0v) is 10.5. The van der Waals surface area contributed by atoms with E-state index < -0.39 is 22.9 Å². The molecule has 0 saturated heterocycles. The van der Waals surface area contributed by atoms with Crippen LogP contribution in [0.1, 0.15) is 11.1 Å². The van der Waals surface area contributed by atoms with Gasteiger partial charge < -0.3 is 0 Å². The second-order valence-electron chi connectivity index (χ2n) is 3.53. The Balaban J connectivity index is 2.89. The summed E-state index contributed by atoms with van der Waals surface area (Å²) in [4.78, 5) is 0. The van der Waals surface area contributed by atoms with Gasteiger partial charge >= 0.3 is 6.18 Å². The topological polar surface area (TPSA) is 106 Å². The molecule has 0 unspecified atom stereocenters. The standard InChI is InChI=1S/C10H7F3N4O2S/c11-10(12,13)6-16-20(18,19)17-9-2-1-7(4-14)8(3-9)5-15/h1-3,16-17H,6H2. The highest BCUT2D eigenvalue weighted by molar-refractivity contribution is 7.90. The van der Waals surface area contributed by atoms with Crippen molar-refractivity contribution in [2.24, 2.45) is 0 Å². The summed E-state index contributed by atoms with van der Waals surface area (Å²) in [6.45, 7) is -1.72. The first-order valence-electron chi connectivity index (χ1n) is 4.95. The number of benzene rings is 1. The Hall–Kier alpha value is -2.30. The second kappa shape index (κ2) is 5.77. The Bertz CT molecular complexity index is 686. The highest BCUT2D eigenvalue weighted by Crippen LogP contribution is 2.16. The van der Waals surface area contributed by atoms with Crippen LogP contribution in [0.3, 0.4) is 0 Å². The molecule has 0 amide bonds. The maximum Gasteiger partial charge on any atom is 0.402 e. The van der Waals surface area contributed by atoms with E-state index in [4.69, 9.17) is 10.5 Å². The van der Waals surface area contributed by atoms with E-state index in [1.807, 2.05) is 4.72 Å². The molecule has 1 rings (SSSR count). The number of alkyl halides is 3. The van der Waals surface area contributed by atoms with Crippen molar-refractivity contribution >= 4 is 15.9 Å². The quantitative estimate of drug-likeness (QED) is 0.872. The van der Waals surface area contributed by atoms with Crippen LogP contribution in [-0.2, 0) is 10.2 Å². The molecule has 0 heterocycles. The molecule has 10 heteroatoms. The third kappa shape index (κ3) is 4.76. The summed E-state index contributed by atoms with van der Waals surface area (Å²) in [5, 5.41) is 17.4. The molecule has 106 valence electrons. The van der Waals surface area contributed by atoms with Crippen molar-refractivity contribution in [2.75, 3.05) is 11.3 Å². The monoisotopic (exact) mass is 304 g/mol. The molecular formula is C10H7F3N4O2S. The average Bonchev–Trinajstić information content (AvgIpc) is 2.35. The Morgan fingerprint density at radius 2 is 1.75 bits per heavy atom. The molecule has 0 radical (unpaired) electrons. The first-order valence-corrected chi connectivity index (χ1v) is 6.43. The van der Waals surface area contributed by atoms with Crippen molar-refractivity contribution in [1.82, 2.24) is 4.72 Å². The molecule has 0 aromatic heterocycles. The molecule has 1 aromatic rings. The minimum atomic E-state index is -4.68. The lowest BCUT2D eigenvalue weighted by Crippen LogP contribution is -2.37. The summed E-state index contributed by atoms with van der Waals surface area (Å²) < 4.78 is 61.5. The number of nitrogens with zero attached hydrogens (tertiary/aromatic N) is 2. The summed E-state index contributed by atoms with van der Waals surface area (Å²) >= 11 is 0. The van der Waals surface area contributed by atoms with Crippen LogP contribution in [-0.4, -0.2) is 21.1 Å². The molecular weight excluding hydrogens is 297 g/mol. The van der Waals surface area contributed by atoms with Crippen LogP contribution in [0.15, 0.2) is 18.2 Å². The SMILES string of the molecule is N#Cc1ccc(NS(=O)(=O)NCC(F)(F)F)cc1C#N. The van der Waals surface area contributed by atoms with Gasteiger partial charge in [-0.2, -0.15) is 36.8 Å². The number of hydrogen-bond donors (Lipinski definition) is 2. The number of nitrogens with one attached hydrogen (secondary N) is 2. The van der Waals surface area contributed by atoms with E-state index in [0.717, 1.165) is 12.1 Å². The predicted molar refractivity (Wildman–Crippen MR) is 62.5 cm³/mol. The normalized spacial score (nSPS) is 11.4. The molecule has 20 heavy (non-hydrogen) atoms. The second-order valence-corrected chi connectivity index (χ2v) is 5.03. The molecule has 0 aliphatic heterocycles. The predicted octanol–water partition coefficient (Wildman–Crippen LogP) is 1.24. The van der Waals surface area contributed by atoms with Crippen LogP contribution < -0.4 is 9.44 Å². The van der Waals surface area contributed by atoms with E-state index in [-0.39, 0.29) is 16.8 Å². The van der Waals surface area contributed by atoms with Gasteiger partial charge in [0.05, 0.1) is 16.8 Å². The summed E-state index contributed by atoms with van der Waals surface area (Å²) in [7, 11) is -4.42. The van der Waals surface area contributed by atoms with E-state index in [2.05, 4.69) is 0 Å². The van der Waals surface area contributed by atoms with E-state index in [9.17, 15) is 21.6 Å². The highest BCUT2D eigenvalue weighted by atomic mass is 32.2. The number of rotatable bonds is 4. The zero-order valence-electron chi connectivity index (χ0n) is 9.69. The molecule has 6 nitrogen and oxygen atoms in total. The fourth-order valence-corrected chi connectivity index (χ4v) is 2.03. The molecule has 0 saturated carbocycles. The van der Waals surface area contributed by atoms with Crippen LogP contribution in [0.25, 0.3) is 0 Å². The Kier molecular flexibility index (Phi) is 4.55. The summed E-state index contributed by atoms with van der Waals surface area (Å²) in [6.07, 6.45) is -4.68. The minimum Gasteiger partial charge on any atom is -0.271 e. The van der Waals surface area contributed by atoms with Crippen LogP contribution in [0.2, 0.25) is 0 Å². The molecule has 1 aromatic carbocycles. The van der Waals surface area contributed by atoms with E-state index in [1.54, 1.807) is 12.1 Å². The molecule has 0 atom stereocenters. The Labute approximate surface area is 112 Å². The van der Waals surface area contributed by atoms with Gasteiger partial charge in [-0.25, -0.2) is 0 Å². The number of anilines is 1. The van der Waals surface area contributed by atoms with Gasteiger partial charge in [-0.05, 0) is 18.2 Å². The van der Waals surface area contributed by atoms with Crippen LogP contribution in [0.4, 0.5) is 18.9 Å². The van der Waals surface area contributed by atoms with Gasteiger partial charge in [0.2, 0.25) is 0 Å². The van der Waals surface area contributed by atoms with Crippen molar-refractivity contribution in [3.8, 4) is 12.1 Å². The third-order valence-electron chi connectivity index (χ3n) is 1.98. The third-order valence-corrected chi connectivity index (χ3v) is 3.00.